The summed E-state index contributed by atoms with van der Waals surface area (Å²) in [6.45, 7) is 6.74. The van der Waals surface area contributed by atoms with Crippen LogP contribution in [-0.2, 0) is 14.8 Å². The summed E-state index contributed by atoms with van der Waals surface area (Å²) in [6.07, 6.45) is 1.04. The van der Waals surface area contributed by atoms with E-state index in [2.05, 4.69) is 5.32 Å². The molecule has 2 amide bonds. The summed E-state index contributed by atoms with van der Waals surface area (Å²) in [4.78, 5) is 27.1. The van der Waals surface area contributed by atoms with Crippen molar-refractivity contribution in [1.82, 2.24) is 4.90 Å². The third-order valence-electron chi connectivity index (χ3n) is 4.61. The Morgan fingerprint density at radius 1 is 0.968 bits per heavy atom. The topological polar surface area (TPSA) is 96.0 Å². The number of nitrogens with one attached hydrogen (secondary N) is 1. The molecule has 0 unspecified atom stereocenters. The molecule has 8 nitrogen and oxygen atoms in total. The van der Waals surface area contributed by atoms with Crippen LogP contribution in [0.1, 0.15) is 31.1 Å². The van der Waals surface area contributed by atoms with Crippen LogP contribution in [0.2, 0.25) is 0 Å². The zero-order valence-corrected chi connectivity index (χ0v) is 19.1. The van der Waals surface area contributed by atoms with Gasteiger partial charge in [0.15, 0.2) is 0 Å². The van der Waals surface area contributed by atoms with E-state index < -0.39 is 22.5 Å². The molecule has 0 saturated heterocycles. The van der Waals surface area contributed by atoms with Crippen molar-refractivity contribution >= 4 is 33.2 Å². The zero-order chi connectivity index (χ0) is 23.0. The number of benzene rings is 2. The molecular weight excluding hydrogens is 418 g/mol. The summed E-state index contributed by atoms with van der Waals surface area (Å²) in [5, 5.41) is 2.68. The number of para-hydroxylation sites is 1. The lowest BCUT2D eigenvalue weighted by atomic mass is 10.1. The third kappa shape index (κ3) is 6.45. The zero-order valence-electron chi connectivity index (χ0n) is 18.3. The lowest BCUT2D eigenvalue weighted by Gasteiger charge is -2.23. The van der Waals surface area contributed by atoms with Gasteiger partial charge in [-0.1, -0.05) is 12.1 Å². The van der Waals surface area contributed by atoms with Gasteiger partial charge in [-0.15, -0.1) is 0 Å². The molecule has 2 aromatic carbocycles. The Morgan fingerprint density at radius 2 is 1.58 bits per heavy atom. The van der Waals surface area contributed by atoms with Crippen LogP contribution in [0.4, 0.5) is 11.4 Å². The van der Waals surface area contributed by atoms with Gasteiger partial charge < -0.3 is 15.0 Å². The molecule has 31 heavy (non-hydrogen) atoms. The van der Waals surface area contributed by atoms with Crippen molar-refractivity contribution in [3.8, 4) is 5.75 Å². The molecule has 2 rings (SSSR count). The highest BCUT2D eigenvalue weighted by Gasteiger charge is 2.23. The van der Waals surface area contributed by atoms with Crippen molar-refractivity contribution in [3.05, 3.63) is 54.1 Å². The number of amides is 2. The summed E-state index contributed by atoms with van der Waals surface area (Å²) in [7, 11) is -3.72. The molecule has 0 atom stereocenters. The van der Waals surface area contributed by atoms with Crippen molar-refractivity contribution in [3.63, 3.8) is 0 Å². The number of anilines is 2. The van der Waals surface area contributed by atoms with Crippen LogP contribution in [0.25, 0.3) is 0 Å². The number of hydrogen-bond donors (Lipinski definition) is 1. The number of nitrogens with zero attached hydrogens (tertiary/aromatic N) is 2. The molecule has 0 aliphatic carbocycles. The molecule has 0 aliphatic rings. The second kappa shape index (κ2) is 10.8. The second-order valence-corrected chi connectivity index (χ2v) is 8.67. The van der Waals surface area contributed by atoms with Gasteiger partial charge >= 0.3 is 0 Å². The SMILES string of the molecule is CCOc1ccc(N(CC(=O)Nc2ccccc2C(=O)N(CC)CC)S(C)(=O)=O)cc1. The van der Waals surface area contributed by atoms with E-state index in [9.17, 15) is 18.0 Å². The molecular formula is C22H29N3O5S. The molecule has 0 radical (unpaired) electrons. The standard InChI is InChI=1S/C22H29N3O5S/c1-5-24(6-2)22(27)19-10-8-9-11-20(19)23-21(26)16-25(31(4,28)29)17-12-14-18(15-13-17)30-7-3/h8-15H,5-7,16H2,1-4H3,(H,23,26). The average molecular weight is 448 g/mol. The van der Waals surface area contributed by atoms with Crippen LogP contribution in [0, 0.1) is 0 Å². The van der Waals surface area contributed by atoms with Gasteiger partial charge in [-0.3, -0.25) is 13.9 Å². The van der Waals surface area contributed by atoms with Gasteiger partial charge in [-0.25, -0.2) is 8.42 Å². The average Bonchev–Trinajstić information content (AvgIpc) is 2.73. The summed E-state index contributed by atoms with van der Waals surface area (Å²) in [5.41, 5.74) is 1.03. The summed E-state index contributed by atoms with van der Waals surface area (Å²) >= 11 is 0. The van der Waals surface area contributed by atoms with Crippen molar-refractivity contribution in [1.29, 1.82) is 0 Å². The van der Waals surface area contributed by atoms with Crippen LogP contribution in [0.3, 0.4) is 0 Å². The van der Waals surface area contributed by atoms with Crippen LogP contribution in [0.5, 0.6) is 5.75 Å². The van der Waals surface area contributed by atoms with Crippen LogP contribution < -0.4 is 14.4 Å². The lowest BCUT2D eigenvalue weighted by Crippen LogP contribution is -2.38. The van der Waals surface area contributed by atoms with E-state index in [4.69, 9.17) is 4.74 Å². The highest BCUT2D eigenvalue weighted by molar-refractivity contribution is 7.92. The summed E-state index contributed by atoms with van der Waals surface area (Å²) in [6, 6.07) is 13.1. The first kappa shape index (κ1) is 24.2. The quantitative estimate of drug-likeness (QED) is 0.604. The van der Waals surface area contributed by atoms with Crippen molar-refractivity contribution < 1.29 is 22.7 Å². The smallest absolute Gasteiger partial charge is 0.255 e. The number of carbonyl (C=O) groups excluding carboxylic acids is 2. The number of rotatable bonds is 10. The molecule has 0 saturated carbocycles. The predicted octanol–water partition coefficient (Wildman–Crippen LogP) is 2.97. The van der Waals surface area contributed by atoms with Gasteiger partial charge in [-0.05, 0) is 57.2 Å². The van der Waals surface area contributed by atoms with Gasteiger partial charge in [0.2, 0.25) is 15.9 Å². The number of carbonyl (C=O) groups is 2. The van der Waals surface area contributed by atoms with Gasteiger partial charge in [0, 0.05) is 13.1 Å². The summed E-state index contributed by atoms with van der Waals surface area (Å²) in [5.74, 6) is -0.153. The van der Waals surface area contributed by atoms with Gasteiger partial charge in [-0.2, -0.15) is 0 Å². The molecule has 0 aromatic heterocycles. The van der Waals surface area contributed by atoms with E-state index in [-0.39, 0.29) is 5.91 Å². The number of ether oxygens (including phenoxy) is 1. The maximum Gasteiger partial charge on any atom is 0.255 e. The fourth-order valence-electron chi connectivity index (χ4n) is 3.06. The Kier molecular flexibility index (Phi) is 8.44. The highest BCUT2D eigenvalue weighted by Crippen LogP contribution is 2.22. The number of hydrogen-bond acceptors (Lipinski definition) is 5. The largest absolute Gasteiger partial charge is 0.494 e. The highest BCUT2D eigenvalue weighted by atomic mass is 32.2. The van der Waals surface area contributed by atoms with Crippen molar-refractivity contribution in [2.45, 2.75) is 20.8 Å². The van der Waals surface area contributed by atoms with E-state index in [0.29, 0.717) is 42.4 Å². The van der Waals surface area contributed by atoms with Crippen molar-refractivity contribution in [2.24, 2.45) is 0 Å². The molecule has 2 aromatic rings. The fraction of sp³-hybridized carbons (Fsp3) is 0.364. The maximum atomic E-state index is 12.8. The molecule has 9 heteroatoms. The second-order valence-electron chi connectivity index (χ2n) is 6.77. The Hall–Kier alpha value is -3.07. The fourth-order valence-corrected chi connectivity index (χ4v) is 3.91. The van der Waals surface area contributed by atoms with Crippen LogP contribution in [-0.4, -0.2) is 57.6 Å². The predicted molar refractivity (Wildman–Crippen MR) is 122 cm³/mol. The van der Waals surface area contributed by atoms with Gasteiger partial charge in [0.1, 0.15) is 12.3 Å². The Morgan fingerprint density at radius 3 is 2.13 bits per heavy atom. The van der Waals surface area contributed by atoms with E-state index in [0.717, 1.165) is 10.6 Å². The third-order valence-corrected chi connectivity index (χ3v) is 5.75. The van der Waals surface area contributed by atoms with E-state index in [1.165, 1.54) is 0 Å². The maximum absolute atomic E-state index is 12.8. The van der Waals surface area contributed by atoms with Gasteiger partial charge in [0.05, 0.1) is 29.8 Å². The number of sulfonamides is 1. The minimum absolute atomic E-state index is 0.201. The molecule has 0 bridgehead atoms. The van der Waals surface area contributed by atoms with E-state index >= 15 is 0 Å². The first-order chi connectivity index (χ1) is 14.7. The monoisotopic (exact) mass is 447 g/mol. The molecule has 1 N–H and O–H groups in total. The minimum Gasteiger partial charge on any atom is -0.494 e. The Labute approximate surface area is 183 Å². The first-order valence-corrected chi connectivity index (χ1v) is 11.9. The minimum atomic E-state index is -3.72. The normalized spacial score (nSPS) is 11.0. The molecule has 0 heterocycles. The Bertz CT molecular complexity index is 1000. The van der Waals surface area contributed by atoms with E-state index in [1.54, 1.807) is 53.4 Å². The van der Waals surface area contributed by atoms with Gasteiger partial charge in [0.25, 0.3) is 5.91 Å². The molecule has 0 spiro atoms. The van der Waals surface area contributed by atoms with Crippen LogP contribution >= 0.6 is 0 Å². The summed E-state index contributed by atoms with van der Waals surface area (Å²) < 4.78 is 31.0. The lowest BCUT2D eigenvalue weighted by molar-refractivity contribution is -0.114. The first-order valence-electron chi connectivity index (χ1n) is 10.1. The molecule has 168 valence electrons. The van der Waals surface area contributed by atoms with Crippen LogP contribution in [0.15, 0.2) is 48.5 Å². The molecule has 0 fully saturated rings. The Balaban J connectivity index is 2.24. The molecule has 0 aliphatic heterocycles. The van der Waals surface area contributed by atoms with Crippen molar-refractivity contribution in [2.75, 3.05) is 42.1 Å². The van der Waals surface area contributed by atoms with E-state index in [1.807, 2.05) is 20.8 Å².